The Labute approximate surface area is 144 Å². The van der Waals surface area contributed by atoms with Crippen molar-refractivity contribution >= 4 is 16.9 Å². The van der Waals surface area contributed by atoms with Gasteiger partial charge in [-0.2, -0.15) is 0 Å². The summed E-state index contributed by atoms with van der Waals surface area (Å²) in [7, 11) is 0. The molecule has 8 nitrogen and oxygen atoms in total. The summed E-state index contributed by atoms with van der Waals surface area (Å²) >= 11 is 0. The molecule has 0 amide bonds. The second kappa shape index (κ2) is 5.66. The van der Waals surface area contributed by atoms with Crippen LogP contribution in [0.1, 0.15) is 32.0 Å². The van der Waals surface area contributed by atoms with Crippen molar-refractivity contribution in [3.05, 3.63) is 46.5 Å². The summed E-state index contributed by atoms with van der Waals surface area (Å²) in [5.74, 6) is 0.468. The highest BCUT2D eigenvalue weighted by atomic mass is 16.3. The largest absolute Gasteiger partial charge is 0.381 e. The third-order valence-electron chi connectivity index (χ3n) is 4.66. The lowest BCUT2D eigenvalue weighted by atomic mass is 10.00. The van der Waals surface area contributed by atoms with Gasteiger partial charge in [-0.15, -0.1) is 5.10 Å². The molecular weight excluding hydrogens is 320 g/mol. The summed E-state index contributed by atoms with van der Waals surface area (Å²) in [6, 6.07) is 7.40. The Hall–Kier alpha value is -2.74. The molecule has 4 rings (SSSR count). The Balaban J connectivity index is 1.64. The van der Waals surface area contributed by atoms with Gasteiger partial charge in [0, 0.05) is 19.0 Å². The number of H-pyrrole nitrogens is 1. The first-order valence-electron chi connectivity index (χ1n) is 8.35. The molecule has 1 fully saturated rings. The Bertz CT molecular complexity index is 978. The summed E-state index contributed by atoms with van der Waals surface area (Å²) in [5, 5.41) is 19.8. The van der Waals surface area contributed by atoms with Gasteiger partial charge < -0.3 is 10.0 Å². The van der Waals surface area contributed by atoms with Gasteiger partial charge in [-0.05, 0) is 26.0 Å². The molecule has 1 aromatic carbocycles. The Kier molecular flexibility index (Phi) is 3.57. The Morgan fingerprint density at radius 1 is 1.32 bits per heavy atom. The van der Waals surface area contributed by atoms with Gasteiger partial charge in [-0.25, -0.2) is 9.67 Å². The van der Waals surface area contributed by atoms with Crippen molar-refractivity contribution in [2.24, 2.45) is 0 Å². The highest BCUT2D eigenvalue weighted by molar-refractivity contribution is 5.78. The fourth-order valence-electron chi connectivity index (χ4n) is 3.15. The van der Waals surface area contributed by atoms with E-state index in [0.717, 1.165) is 0 Å². The van der Waals surface area contributed by atoms with Gasteiger partial charge in [0.15, 0.2) is 0 Å². The van der Waals surface area contributed by atoms with E-state index in [9.17, 15) is 9.90 Å². The van der Waals surface area contributed by atoms with Crippen molar-refractivity contribution in [1.82, 2.24) is 25.0 Å². The Morgan fingerprint density at radius 2 is 2.12 bits per heavy atom. The average Bonchev–Trinajstić information content (AvgIpc) is 3.23. The number of aliphatic hydroxyl groups is 1. The van der Waals surface area contributed by atoms with Crippen LogP contribution >= 0.6 is 0 Å². The molecule has 1 atom stereocenters. The van der Waals surface area contributed by atoms with E-state index in [1.54, 1.807) is 16.9 Å². The minimum atomic E-state index is -1.10. The second-order valence-electron chi connectivity index (χ2n) is 6.79. The SMILES string of the molecule is CC(C)n1cc([C@@]2(O)CCN(c3nc4ccccc4c(=O)[nH]3)C2)nn1. The second-order valence-corrected chi connectivity index (χ2v) is 6.79. The van der Waals surface area contributed by atoms with Crippen molar-refractivity contribution in [2.75, 3.05) is 18.0 Å². The van der Waals surface area contributed by atoms with E-state index in [2.05, 4.69) is 20.3 Å². The van der Waals surface area contributed by atoms with E-state index in [1.807, 2.05) is 36.9 Å². The number of nitrogens with zero attached hydrogens (tertiary/aromatic N) is 5. The molecular formula is C17H20N6O2. The smallest absolute Gasteiger partial charge is 0.260 e. The molecule has 2 N–H and O–H groups in total. The summed E-state index contributed by atoms with van der Waals surface area (Å²) in [5.41, 5.74) is -0.0896. The number of aromatic amines is 1. The van der Waals surface area contributed by atoms with Crippen LogP contribution in [0, 0.1) is 0 Å². The van der Waals surface area contributed by atoms with Gasteiger partial charge in [-0.1, -0.05) is 17.3 Å². The van der Waals surface area contributed by atoms with E-state index in [4.69, 9.17) is 0 Å². The number of hydrogen-bond donors (Lipinski definition) is 2. The number of anilines is 1. The molecule has 3 heterocycles. The van der Waals surface area contributed by atoms with Gasteiger partial charge in [0.1, 0.15) is 11.3 Å². The van der Waals surface area contributed by atoms with Crippen LogP contribution in [0.3, 0.4) is 0 Å². The van der Waals surface area contributed by atoms with E-state index in [0.29, 0.717) is 42.1 Å². The lowest BCUT2D eigenvalue weighted by Crippen LogP contribution is -2.32. The summed E-state index contributed by atoms with van der Waals surface area (Å²) < 4.78 is 1.73. The van der Waals surface area contributed by atoms with Crippen LogP contribution in [-0.4, -0.2) is 43.2 Å². The first-order chi connectivity index (χ1) is 12.0. The normalized spacial score (nSPS) is 20.7. The van der Waals surface area contributed by atoms with Gasteiger partial charge in [0.05, 0.1) is 23.6 Å². The molecule has 8 heteroatoms. The minimum Gasteiger partial charge on any atom is -0.381 e. The molecule has 1 saturated heterocycles. The number of benzene rings is 1. The lowest BCUT2D eigenvalue weighted by molar-refractivity contribution is 0.0558. The monoisotopic (exact) mass is 340 g/mol. The fraction of sp³-hybridized carbons (Fsp3) is 0.412. The standard InChI is InChI=1S/C17H20N6O2/c1-11(2)23-9-14(20-21-23)17(25)7-8-22(10-17)16-18-13-6-4-3-5-12(13)15(24)19-16/h3-6,9,11,25H,7-8,10H2,1-2H3,(H,18,19,24)/t17-/m1/s1. The number of rotatable bonds is 3. The van der Waals surface area contributed by atoms with Crippen molar-refractivity contribution in [1.29, 1.82) is 0 Å². The van der Waals surface area contributed by atoms with Crippen molar-refractivity contribution < 1.29 is 5.11 Å². The first kappa shape index (κ1) is 15.8. The van der Waals surface area contributed by atoms with Crippen LogP contribution in [-0.2, 0) is 5.60 Å². The van der Waals surface area contributed by atoms with Crippen LogP contribution < -0.4 is 10.5 Å². The molecule has 1 aliphatic rings. The van der Waals surface area contributed by atoms with E-state index >= 15 is 0 Å². The molecule has 2 aromatic heterocycles. The van der Waals surface area contributed by atoms with Crippen LogP contribution in [0.4, 0.5) is 5.95 Å². The predicted molar refractivity (Wildman–Crippen MR) is 93.5 cm³/mol. The van der Waals surface area contributed by atoms with Gasteiger partial charge in [0.2, 0.25) is 5.95 Å². The van der Waals surface area contributed by atoms with Crippen LogP contribution in [0.5, 0.6) is 0 Å². The third kappa shape index (κ3) is 2.68. The molecule has 130 valence electrons. The van der Waals surface area contributed by atoms with E-state index < -0.39 is 5.60 Å². The first-order valence-corrected chi connectivity index (χ1v) is 8.35. The molecule has 1 aliphatic heterocycles. The maximum Gasteiger partial charge on any atom is 0.260 e. The molecule has 0 spiro atoms. The maximum absolute atomic E-state index is 12.3. The van der Waals surface area contributed by atoms with Gasteiger partial charge in [-0.3, -0.25) is 9.78 Å². The molecule has 25 heavy (non-hydrogen) atoms. The number of aromatic nitrogens is 5. The molecule has 0 bridgehead atoms. The molecule has 0 unspecified atom stereocenters. The van der Waals surface area contributed by atoms with Crippen molar-refractivity contribution in [3.8, 4) is 0 Å². The third-order valence-corrected chi connectivity index (χ3v) is 4.66. The number of fused-ring (bicyclic) bond motifs is 1. The van der Waals surface area contributed by atoms with E-state index in [1.165, 1.54) is 0 Å². The van der Waals surface area contributed by atoms with Crippen molar-refractivity contribution in [3.63, 3.8) is 0 Å². The highest BCUT2D eigenvalue weighted by Crippen LogP contribution is 2.32. The maximum atomic E-state index is 12.3. The fourth-order valence-corrected chi connectivity index (χ4v) is 3.15. The van der Waals surface area contributed by atoms with Crippen molar-refractivity contribution in [2.45, 2.75) is 31.9 Å². The zero-order chi connectivity index (χ0) is 17.6. The Morgan fingerprint density at radius 3 is 2.88 bits per heavy atom. The van der Waals surface area contributed by atoms with Crippen LogP contribution in [0.2, 0.25) is 0 Å². The highest BCUT2D eigenvalue weighted by Gasteiger charge is 2.41. The number of β-amino-alcohol motifs (C(OH)–C–C–N with tert-alkyl or cyclic N) is 1. The zero-order valence-corrected chi connectivity index (χ0v) is 14.2. The topological polar surface area (TPSA) is 99.9 Å². The van der Waals surface area contributed by atoms with E-state index in [-0.39, 0.29) is 11.6 Å². The van der Waals surface area contributed by atoms with Gasteiger partial charge in [0.25, 0.3) is 5.56 Å². The zero-order valence-electron chi connectivity index (χ0n) is 14.2. The van der Waals surface area contributed by atoms with Gasteiger partial charge >= 0.3 is 0 Å². The quantitative estimate of drug-likeness (QED) is 0.743. The molecule has 0 saturated carbocycles. The number of nitrogens with one attached hydrogen (secondary N) is 1. The molecule has 0 radical (unpaired) electrons. The number of para-hydroxylation sites is 1. The average molecular weight is 340 g/mol. The number of hydrogen-bond acceptors (Lipinski definition) is 6. The summed E-state index contributed by atoms with van der Waals surface area (Å²) in [6.07, 6.45) is 2.28. The molecule has 0 aliphatic carbocycles. The van der Waals surface area contributed by atoms with Crippen LogP contribution in [0.25, 0.3) is 10.9 Å². The van der Waals surface area contributed by atoms with Crippen LogP contribution in [0.15, 0.2) is 35.3 Å². The minimum absolute atomic E-state index is 0.179. The molecule has 3 aromatic rings. The lowest BCUT2D eigenvalue weighted by Gasteiger charge is -2.21. The predicted octanol–water partition coefficient (Wildman–Crippen LogP) is 1.19. The summed E-state index contributed by atoms with van der Waals surface area (Å²) in [6.45, 7) is 4.90. The summed E-state index contributed by atoms with van der Waals surface area (Å²) in [4.78, 5) is 21.5.